The quantitative estimate of drug-likeness (QED) is 0.507. The van der Waals surface area contributed by atoms with Gasteiger partial charge in [-0.2, -0.15) is 0 Å². The predicted octanol–water partition coefficient (Wildman–Crippen LogP) is 1.48. The number of oxime groups is 1. The zero-order chi connectivity index (χ0) is 9.26. The Hall–Kier alpha value is -1.29. The highest BCUT2D eigenvalue weighted by molar-refractivity contribution is 6.31. The Morgan fingerprint density at radius 1 is 1.69 bits per heavy atom. The summed E-state index contributed by atoms with van der Waals surface area (Å²) in [5.41, 5.74) is 1.59. The molecule has 0 spiro atoms. The molecule has 1 aromatic rings. The lowest BCUT2D eigenvalue weighted by molar-refractivity contribution is 0.211. The van der Waals surface area contributed by atoms with Crippen molar-refractivity contribution in [3.05, 3.63) is 23.0 Å². The van der Waals surface area contributed by atoms with Crippen LogP contribution in [0.1, 0.15) is 5.56 Å². The second-order valence-corrected chi connectivity index (χ2v) is 2.85. The molecule has 1 aromatic heterocycles. The highest BCUT2D eigenvalue weighted by Gasteiger charge is 2.22. The highest BCUT2D eigenvalue weighted by Crippen LogP contribution is 2.31. The van der Waals surface area contributed by atoms with E-state index in [-0.39, 0.29) is 0 Å². The Bertz CT molecular complexity index is 365. The molecule has 2 heterocycles. The number of hydrogen-bond acceptors (Lipinski definition) is 4. The second kappa shape index (κ2) is 3.22. The smallest absolute Gasteiger partial charge is 0.171 e. The summed E-state index contributed by atoms with van der Waals surface area (Å²) in [7, 11) is 1.49. The third-order valence-corrected chi connectivity index (χ3v) is 2.00. The number of rotatable bonds is 1. The van der Waals surface area contributed by atoms with E-state index in [2.05, 4.69) is 15.0 Å². The molecule has 0 saturated heterocycles. The standard InChI is InChI=1S/C8H7ClN2O2/c1-12-11-6-4-13-7-5(6)2-3-10-8(7)9/h2-3H,4H2,1H3. The van der Waals surface area contributed by atoms with E-state index in [9.17, 15) is 0 Å². The van der Waals surface area contributed by atoms with Crippen molar-refractivity contribution < 1.29 is 9.57 Å². The van der Waals surface area contributed by atoms with Crippen LogP contribution in [0, 0.1) is 0 Å². The Labute approximate surface area is 80.1 Å². The summed E-state index contributed by atoms with van der Waals surface area (Å²) >= 11 is 5.80. The molecule has 4 nitrogen and oxygen atoms in total. The minimum absolute atomic E-state index is 0.360. The number of pyridine rings is 1. The van der Waals surface area contributed by atoms with Crippen LogP contribution in [0.25, 0.3) is 0 Å². The molecule has 68 valence electrons. The number of aromatic nitrogens is 1. The molecule has 1 aliphatic heterocycles. The van der Waals surface area contributed by atoms with Crippen molar-refractivity contribution >= 4 is 17.3 Å². The Balaban J connectivity index is 2.49. The maximum Gasteiger partial charge on any atom is 0.171 e. The molecule has 0 saturated carbocycles. The molecule has 0 unspecified atom stereocenters. The molecule has 0 bridgehead atoms. The van der Waals surface area contributed by atoms with Crippen LogP contribution in [0.5, 0.6) is 5.75 Å². The van der Waals surface area contributed by atoms with E-state index >= 15 is 0 Å². The summed E-state index contributed by atoms with van der Waals surface area (Å²) in [6.45, 7) is 0.384. The van der Waals surface area contributed by atoms with Crippen molar-refractivity contribution in [1.82, 2.24) is 4.98 Å². The van der Waals surface area contributed by atoms with Crippen LogP contribution < -0.4 is 4.74 Å². The third-order valence-electron chi connectivity index (χ3n) is 1.73. The van der Waals surface area contributed by atoms with E-state index in [4.69, 9.17) is 16.3 Å². The van der Waals surface area contributed by atoms with Crippen LogP contribution in [0.2, 0.25) is 5.15 Å². The van der Waals surface area contributed by atoms with Gasteiger partial charge in [0.15, 0.2) is 10.9 Å². The topological polar surface area (TPSA) is 43.7 Å². The molecule has 2 rings (SSSR count). The summed E-state index contributed by atoms with van der Waals surface area (Å²) in [6.07, 6.45) is 1.61. The van der Waals surface area contributed by atoms with Crippen LogP contribution in [0.4, 0.5) is 0 Å². The number of ether oxygens (including phenoxy) is 1. The SMILES string of the molecule is CON=C1COc2c1ccnc2Cl. The second-order valence-electron chi connectivity index (χ2n) is 2.49. The van der Waals surface area contributed by atoms with Gasteiger partial charge in [0.05, 0.1) is 0 Å². The molecule has 0 N–H and O–H groups in total. The van der Waals surface area contributed by atoms with Gasteiger partial charge in [-0.05, 0) is 6.07 Å². The maximum atomic E-state index is 5.80. The first-order valence-corrected chi connectivity index (χ1v) is 4.08. The van der Waals surface area contributed by atoms with Crippen molar-refractivity contribution in [3.8, 4) is 5.75 Å². The fourth-order valence-electron chi connectivity index (χ4n) is 1.19. The van der Waals surface area contributed by atoms with Gasteiger partial charge in [-0.3, -0.25) is 0 Å². The van der Waals surface area contributed by atoms with E-state index in [0.29, 0.717) is 17.5 Å². The van der Waals surface area contributed by atoms with E-state index in [1.165, 1.54) is 7.11 Å². The first-order valence-electron chi connectivity index (χ1n) is 3.70. The maximum absolute atomic E-state index is 5.80. The average molecular weight is 199 g/mol. The van der Waals surface area contributed by atoms with Gasteiger partial charge in [-0.15, -0.1) is 0 Å². The van der Waals surface area contributed by atoms with Gasteiger partial charge in [0.25, 0.3) is 0 Å². The van der Waals surface area contributed by atoms with Crippen LogP contribution in [-0.4, -0.2) is 24.4 Å². The lowest BCUT2D eigenvalue weighted by atomic mass is 10.2. The Kier molecular flexibility index (Phi) is 2.06. The van der Waals surface area contributed by atoms with Gasteiger partial charge in [0.1, 0.15) is 19.4 Å². The average Bonchev–Trinajstić information content (AvgIpc) is 2.51. The van der Waals surface area contributed by atoms with Crippen LogP contribution in [0.3, 0.4) is 0 Å². The van der Waals surface area contributed by atoms with Crippen LogP contribution >= 0.6 is 11.6 Å². The van der Waals surface area contributed by atoms with Crippen molar-refractivity contribution in [3.63, 3.8) is 0 Å². The summed E-state index contributed by atoms with van der Waals surface area (Å²) in [6, 6.07) is 1.80. The molecular weight excluding hydrogens is 192 g/mol. The van der Waals surface area contributed by atoms with Gasteiger partial charge in [-0.1, -0.05) is 16.8 Å². The molecule has 0 aliphatic carbocycles. The van der Waals surface area contributed by atoms with Crippen molar-refractivity contribution in [2.75, 3.05) is 13.7 Å². The molecule has 0 fully saturated rings. The first kappa shape index (κ1) is 8.31. The summed E-state index contributed by atoms with van der Waals surface area (Å²) < 4.78 is 5.29. The number of nitrogens with zero attached hydrogens (tertiary/aromatic N) is 2. The van der Waals surface area contributed by atoms with Gasteiger partial charge in [0, 0.05) is 11.8 Å². The normalized spacial score (nSPS) is 16.9. The van der Waals surface area contributed by atoms with Gasteiger partial charge >= 0.3 is 0 Å². The molecule has 13 heavy (non-hydrogen) atoms. The van der Waals surface area contributed by atoms with Crippen LogP contribution in [0.15, 0.2) is 17.4 Å². The summed E-state index contributed by atoms with van der Waals surface area (Å²) in [4.78, 5) is 8.56. The molecule has 0 aromatic carbocycles. The van der Waals surface area contributed by atoms with Gasteiger partial charge in [0.2, 0.25) is 0 Å². The third kappa shape index (κ3) is 1.33. The molecule has 0 atom stereocenters. The van der Waals surface area contributed by atoms with Crippen molar-refractivity contribution in [1.29, 1.82) is 0 Å². The fourth-order valence-corrected chi connectivity index (χ4v) is 1.40. The number of fused-ring (bicyclic) bond motifs is 1. The lowest BCUT2D eigenvalue weighted by Crippen LogP contribution is -2.02. The Morgan fingerprint density at radius 2 is 2.54 bits per heavy atom. The molecule has 0 amide bonds. The largest absolute Gasteiger partial charge is 0.483 e. The number of hydrogen-bond donors (Lipinski definition) is 0. The number of halogens is 1. The highest BCUT2D eigenvalue weighted by atomic mass is 35.5. The predicted molar refractivity (Wildman–Crippen MR) is 48.3 cm³/mol. The minimum atomic E-state index is 0.360. The molecule has 5 heteroatoms. The molecule has 1 aliphatic rings. The fraction of sp³-hybridized carbons (Fsp3) is 0.250. The van der Waals surface area contributed by atoms with Gasteiger partial charge < -0.3 is 9.57 Å². The Morgan fingerprint density at radius 3 is 3.31 bits per heavy atom. The van der Waals surface area contributed by atoms with E-state index < -0.39 is 0 Å². The van der Waals surface area contributed by atoms with E-state index in [1.807, 2.05) is 0 Å². The van der Waals surface area contributed by atoms with E-state index in [0.717, 1.165) is 11.3 Å². The zero-order valence-electron chi connectivity index (χ0n) is 6.95. The lowest BCUT2D eigenvalue weighted by Gasteiger charge is -1.97. The minimum Gasteiger partial charge on any atom is -0.483 e. The monoisotopic (exact) mass is 198 g/mol. The zero-order valence-corrected chi connectivity index (χ0v) is 7.71. The first-order chi connectivity index (χ1) is 6.33. The molecular formula is C8H7ClN2O2. The summed E-state index contributed by atoms with van der Waals surface area (Å²) in [5.74, 6) is 0.583. The van der Waals surface area contributed by atoms with Crippen molar-refractivity contribution in [2.45, 2.75) is 0 Å². The van der Waals surface area contributed by atoms with E-state index in [1.54, 1.807) is 12.3 Å². The van der Waals surface area contributed by atoms with Gasteiger partial charge in [-0.25, -0.2) is 4.98 Å². The summed E-state index contributed by atoms with van der Waals surface area (Å²) in [5, 5.41) is 4.17. The van der Waals surface area contributed by atoms with Crippen LogP contribution in [-0.2, 0) is 4.84 Å². The van der Waals surface area contributed by atoms with Crippen molar-refractivity contribution in [2.24, 2.45) is 5.16 Å². The molecule has 0 radical (unpaired) electrons.